The Kier molecular flexibility index (Phi) is 3.31. The first-order chi connectivity index (χ1) is 14.8. The Morgan fingerprint density at radius 3 is 2.77 bits per heavy atom. The van der Waals surface area contributed by atoms with E-state index >= 15 is 0 Å². The number of rotatable bonds is 1. The van der Waals surface area contributed by atoms with Gasteiger partial charge in [-0.3, -0.25) is 0 Å². The average molecular weight is 497 g/mol. The maximum Gasteiger partial charge on any atom is 0.0790 e. The molecule has 30 heavy (non-hydrogen) atoms. The van der Waals surface area contributed by atoms with E-state index in [4.69, 9.17) is 0 Å². The molecule has 4 aromatic carbocycles. The highest BCUT2D eigenvalue weighted by Gasteiger charge is 2.34. The zero-order valence-electron chi connectivity index (χ0n) is 16.1. The van der Waals surface area contributed by atoms with Crippen molar-refractivity contribution >= 4 is 66.6 Å². The highest BCUT2D eigenvalue weighted by atomic mass is 127. The van der Waals surface area contributed by atoms with Crippen LogP contribution in [0.3, 0.4) is 0 Å². The SMILES string of the molecule is [N-]=[N+]=NC1c2cccc3ccc4c5c6c7c(ccc6c(c4c23)C1I)C=CCC7=CC5. The van der Waals surface area contributed by atoms with Crippen LogP contribution in [-0.4, -0.2) is 0 Å². The lowest BCUT2D eigenvalue weighted by molar-refractivity contribution is 0.727. The molecule has 3 aliphatic carbocycles. The van der Waals surface area contributed by atoms with Gasteiger partial charge in [0.1, 0.15) is 0 Å². The summed E-state index contributed by atoms with van der Waals surface area (Å²) in [7, 11) is 0. The lowest BCUT2D eigenvalue weighted by Crippen LogP contribution is -2.13. The van der Waals surface area contributed by atoms with E-state index in [-0.39, 0.29) is 9.97 Å². The fraction of sp³-hybridized carbons (Fsp3) is 0.154. The molecule has 3 nitrogen and oxygen atoms in total. The van der Waals surface area contributed by atoms with E-state index in [0.29, 0.717) is 0 Å². The van der Waals surface area contributed by atoms with E-state index in [1.54, 1.807) is 0 Å². The van der Waals surface area contributed by atoms with Crippen LogP contribution in [0.15, 0.2) is 59.7 Å². The van der Waals surface area contributed by atoms with Gasteiger partial charge in [0.05, 0.1) is 6.04 Å². The van der Waals surface area contributed by atoms with Crippen LogP contribution in [-0.2, 0) is 6.42 Å². The first-order valence-electron chi connectivity index (χ1n) is 10.3. The highest BCUT2D eigenvalue weighted by Crippen LogP contribution is 2.55. The van der Waals surface area contributed by atoms with Crippen molar-refractivity contribution in [2.45, 2.75) is 22.8 Å². The van der Waals surface area contributed by atoms with E-state index in [1.807, 2.05) is 0 Å². The van der Waals surface area contributed by atoms with Crippen molar-refractivity contribution < 1.29 is 0 Å². The van der Waals surface area contributed by atoms with Gasteiger partial charge >= 0.3 is 0 Å². The van der Waals surface area contributed by atoms with Crippen molar-refractivity contribution in [1.82, 2.24) is 0 Å². The third-order valence-electron chi connectivity index (χ3n) is 7.06. The second-order valence-electron chi connectivity index (χ2n) is 8.37. The smallest absolute Gasteiger partial charge is 0.0790 e. The molecule has 0 radical (unpaired) electrons. The zero-order chi connectivity index (χ0) is 20.0. The summed E-state index contributed by atoms with van der Waals surface area (Å²) in [6.07, 6.45) is 8.95. The second kappa shape index (κ2) is 5.87. The summed E-state index contributed by atoms with van der Waals surface area (Å²) < 4.78 is 0.0992. The maximum absolute atomic E-state index is 9.33. The van der Waals surface area contributed by atoms with Crippen LogP contribution in [0.5, 0.6) is 0 Å². The van der Waals surface area contributed by atoms with Gasteiger partial charge < -0.3 is 0 Å². The Morgan fingerprint density at radius 2 is 1.87 bits per heavy atom. The van der Waals surface area contributed by atoms with Gasteiger partial charge in [0.2, 0.25) is 0 Å². The molecule has 0 fully saturated rings. The van der Waals surface area contributed by atoms with Crippen molar-refractivity contribution in [3.8, 4) is 0 Å². The summed E-state index contributed by atoms with van der Waals surface area (Å²) in [5, 5.41) is 12.2. The van der Waals surface area contributed by atoms with Crippen LogP contribution in [0.2, 0.25) is 0 Å². The minimum Gasteiger partial charge on any atom is -0.0844 e. The van der Waals surface area contributed by atoms with E-state index in [9.17, 15) is 5.53 Å². The number of hydrogen-bond acceptors (Lipinski definition) is 1. The van der Waals surface area contributed by atoms with E-state index in [0.717, 1.165) is 18.4 Å². The van der Waals surface area contributed by atoms with Gasteiger partial charge in [-0.1, -0.05) is 88.4 Å². The molecule has 3 aliphatic rings. The number of hydrogen-bond donors (Lipinski definition) is 0. The van der Waals surface area contributed by atoms with E-state index in [1.165, 1.54) is 60.1 Å². The summed E-state index contributed by atoms with van der Waals surface area (Å²) in [6.45, 7) is 0. The van der Waals surface area contributed by atoms with Crippen molar-refractivity contribution in [2.24, 2.45) is 5.11 Å². The number of fused-ring (bicyclic) bond motifs is 2. The Hall–Kier alpha value is -2.82. The van der Waals surface area contributed by atoms with Gasteiger partial charge in [-0.2, -0.15) is 0 Å². The lowest BCUT2D eigenvalue weighted by atomic mass is 9.74. The standard InChI is InChI=1S/C26H16IN3/c27-25-24-18-12-9-14-4-1-3-13-7-10-16(22(18)20(13)14)17-11-8-15-5-2-6-19(21(15)23(17)24)26(25)29-30-28/h1-2,4-9,11-12,25-26H,3,10H2. The fourth-order valence-corrected chi connectivity index (χ4v) is 7.09. The zero-order valence-corrected chi connectivity index (χ0v) is 18.2. The van der Waals surface area contributed by atoms with Crippen molar-refractivity contribution in [3.05, 3.63) is 92.9 Å². The van der Waals surface area contributed by atoms with Crippen LogP contribution in [0.25, 0.3) is 54.4 Å². The molecule has 0 heterocycles. The van der Waals surface area contributed by atoms with Crippen LogP contribution < -0.4 is 0 Å². The molecule has 2 unspecified atom stereocenters. The molecule has 0 saturated carbocycles. The number of alkyl halides is 1. The second-order valence-corrected chi connectivity index (χ2v) is 9.71. The quantitative estimate of drug-likeness (QED) is 0.0483. The van der Waals surface area contributed by atoms with Gasteiger partial charge in [0.25, 0.3) is 0 Å². The summed E-state index contributed by atoms with van der Waals surface area (Å²) >= 11 is 2.50. The molecule has 0 aliphatic heterocycles. The number of nitrogens with zero attached hydrogens (tertiary/aromatic N) is 3. The van der Waals surface area contributed by atoms with Crippen molar-refractivity contribution in [2.75, 3.05) is 0 Å². The molecule has 7 rings (SSSR count). The fourth-order valence-electron chi connectivity index (χ4n) is 5.91. The summed E-state index contributed by atoms with van der Waals surface area (Å²) in [4.78, 5) is 3.23. The van der Waals surface area contributed by atoms with Crippen LogP contribution in [0.1, 0.15) is 44.2 Å². The minimum absolute atomic E-state index is 0.0992. The molecule has 0 bridgehead atoms. The molecular formula is C26H16IN3. The Balaban J connectivity index is 1.79. The number of benzene rings is 4. The van der Waals surface area contributed by atoms with Crippen LogP contribution in [0.4, 0.5) is 0 Å². The number of azide groups is 1. The molecule has 0 saturated heterocycles. The topological polar surface area (TPSA) is 48.8 Å². The molecule has 4 heteroatoms. The average Bonchev–Trinajstić information content (AvgIpc) is 2.79. The van der Waals surface area contributed by atoms with Crippen LogP contribution >= 0.6 is 22.6 Å². The Morgan fingerprint density at radius 1 is 0.967 bits per heavy atom. The third kappa shape index (κ3) is 1.94. The molecule has 0 N–H and O–H groups in total. The summed E-state index contributed by atoms with van der Waals surface area (Å²) in [6, 6.07) is 15.3. The maximum atomic E-state index is 9.33. The van der Waals surface area contributed by atoms with Gasteiger partial charge in [0, 0.05) is 8.84 Å². The highest BCUT2D eigenvalue weighted by molar-refractivity contribution is 14.1. The third-order valence-corrected chi connectivity index (χ3v) is 8.36. The van der Waals surface area contributed by atoms with E-state index < -0.39 is 0 Å². The lowest BCUT2D eigenvalue weighted by Gasteiger charge is -2.33. The van der Waals surface area contributed by atoms with Gasteiger partial charge in [0.15, 0.2) is 0 Å². The summed E-state index contributed by atoms with van der Waals surface area (Å²) in [5.74, 6) is 0. The normalized spacial score (nSPS) is 20.6. The molecule has 0 aromatic heterocycles. The van der Waals surface area contributed by atoms with Crippen molar-refractivity contribution in [1.29, 1.82) is 0 Å². The van der Waals surface area contributed by atoms with Gasteiger partial charge in [-0.15, -0.1) is 0 Å². The Labute approximate surface area is 186 Å². The monoisotopic (exact) mass is 497 g/mol. The first-order valence-corrected chi connectivity index (χ1v) is 11.5. The van der Waals surface area contributed by atoms with Gasteiger partial charge in [-0.25, -0.2) is 0 Å². The molecular weight excluding hydrogens is 481 g/mol. The Bertz CT molecular complexity index is 1570. The van der Waals surface area contributed by atoms with E-state index in [2.05, 4.69) is 93.3 Å². The van der Waals surface area contributed by atoms with Crippen LogP contribution in [0, 0.1) is 0 Å². The van der Waals surface area contributed by atoms with Crippen molar-refractivity contribution in [3.63, 3.8) is 0 Å². The predicted octanol–water partition coefficient (Wildman–Crippen LogP) is 8.34. The van der Waals surface area contributed by atoms with Gasteiger partial charge in [-0.05, 0) is 84.1 Å². The first kappa shape index (κ1) is 16.9. The molecule has 2 atom stereocenters. The number of allylic oxidation sites excluding steroid dienone is 3. The molecule has 0 spiro atoms. The molecule has 4 aromatic rings. The predicted molar refractivity (Wildman–Crippen MR) is 133 cm³/mol. The minimum atomic E-state index is -0.194. The number of halogens is 1. The summed E-state index contributed by atoms with van der Waals surface area (Å²) in [5.41, 5.74) is 17.5. The molecule has 142 valence electrons. The largest absolute Gasteiger partial charge is 0.0844 e. The molecule has 0 amide bonds.